The Kier molecular flexibility index (Phi) is 4.67. The van der Waals surface area contributed by atoms with E-state index in [0.717, 1.165) is 0 Å². The third-order valence-corrected chi connectivity index (χ3v) is 4.09. The van der Waals surface area contributed by atoms with Crippen LogP contribution in [-0.4, -0.2) is 21.4 Å². The summed E-state index contributed by atoms with van der Waals surface area (Å²) in [7, 11) is 0. The Morgan fingerprint density at radius 2 is 2.00 bits per heavy atom. The minimum Gasteiger partial charge on any atom is -0.326 e. The second-order valence-electron chi connectivity index (χ2n) is 3.79. The van der Waals surface area contributed by atoms with Gasteiger partial charge in [-0.2, -0.15) is 0 Å². The number of thioether (sulfide) groups is 1. The van der Waals surface area contributed by atoms with Crippen molar-refractivity contribution in [1.82, 2.24) is 5.32 Å². The van der Waals surface area contributed by atoms with Crippen molar-refractivity contribution in [3.63, 3.8) is 0 Å². The van der Waals surface area contributed by atoms with E-state index in [1.54, 1.807) is 18.2 Å². The predicted octanol–water partition coefficient (Wildman–Crippen LogP) is 2.84. The summed E-state index contributed by atoms with van der Waals surface area (Å²) in [5.41, 5.74) is 0.494. The molecule has 1 aromatic carbocycles. The average Bonchev–Trinajstić information content (AvgIpc) is 2.55. The number of amides is 2. The SMILES string of the molecule is O=C(C[C@@H]1SC(=S)NC1=O)Nc1cc(Cl)cc(Cl)c1. The number of benzene rings is 1. The van der Waals surface area contributed by atoms with Crippen molar-refractivity contribution in [2.75, 3.05) is 5.32 Å². The van der Waals surface area contributed by atoms with Crippen LogP contribution in [0, 0.1) is 0 Å². The van der Waals surface area contributed by atoms with Crippen molar-refractivity contribution in [1.29, 1.82) is 0 Å². The maximum absolute atomic E-state index is 11.8. The number of nitrogens with one attached hydrogen (secondary N) is 2. The molecule has 1 saturated heterocycles. The van der Waals surface area contributed by atoms with E-state index < -0.39 is 5.25 Å². The summed E-state index contributed by atoms with van der Waals surface area (Å²) in [6.07, 6.45) is 0.0424. The summed E-state index contributed by atoms with van der Waals surface area (Å²) in [5.74, 6) is -0.537. The van der Waals surface area contributed by atoms with E-state index in [1.807, 2.05) is 0 Å². The Hall–Kier alpha value is -0.820. The van der Waals surface area contributed by atoms with E-state index in [0.29, 0.717) is 20.1 Å². The smallest absolute Gasteiger partial charge is 0.239 e. The van der Waals surface area contributed by atoms with Gasteiger partial charge in [-0.3, -0.25) is 9.59 Å². The number of carbonyl (C=O) groups is 2. The molecule has 1 aliphatic rings. The summed E-state index contributed by atoms with van der Waals surface area (Å²) in [6.45, 7) is 0. The highest BCUT2D eigenvalue weighted by atomic mass is 35.5. The lowest BCUT2D eigenvalue weighted by molar-refractivity contribution is -0.122. The fraction of sp³-hybridized carbons (Fsp3) is 0.182. The molecule has 0 unspecified atom stereocenters. The molecular formula is C11H8Cl2N2O2S2. The monoisotopic (exact) mass is 334 g/mol. The number of thiocarbonyl (C=S) groups is 1. The first-order chi connectivity index (χ1) is 8.94. The van der Waals surface area contributed by atoms with Gasteiger partial charge in [0.25, 0.3) is 0 Å². The molecule has 0 saturated carbocycles. The zero-order chi connectivity index (χ0) is 14.0. The number of rotatable bonds is 3. The summed E-state index contributed by atoms with van der Waals surface area (Å²) >= 11 is 17.7. The summed E-state index contributed by atoms with van der Waals surface area (Å²) in [5, 5.41) is 5.50. The van der Waals surface area contributed by atoms with E-state index >= 15 is 0 Å². The standard InChI is InChI=1S/C11H8Cl2N2O2S2/c12-5-1-6(13)3-7(2-5)14-9(16)4-8-10(17)15-11(18)19-8/h1-3,8H,4H2,(H,14,16)(H,15,17,18)/t8-/m0/s1. The van der Waals surface area contributed by atoms with Crippen LogP contribution in [0.2, 0.25) is 10.0 Å². The first-order valence-corrected chi connectivity index (χ1v) is 7.26. The lowest BCUT2D eigenvalue weighted by atomic mass is 10.2. The molecule has 100 valence electrons. The van der Waals surface area contributed by atoms with E-state index in [1.165, 1.54) is 11.8 Å². The van der Waals surface area contributed by atoms with Gasteiger partial charge in [-0.25, -0.2) is 0 Å². The topological polar surface area (TPSA) is 58.2 Å². The molecule has 2 N–H and O–H groups in total. The van der Waals surface area contributed by atoms with Crippen LogP contribution < -0.4 is 10.6 Å². The molecule has 0 bridgehead atoms. The maximum Gasteiger partial charge on any atom is 0.239 e. The highest BCUT2D eigenvalue weighted by molar-refractivity contribution is 8.24. The zero-order valence-electron chi connectivity index (χ0n) is 9.41. The Morgan fingerprint density at radius 3 is 2.53 bits per heavy atom. The van der Waals surface area contributed by atoms with Gasteiger partial charge in [0.15, 0.2) is 0 Å². The fourth-order valence-corrected chi connectivity index (χ4v) is 3.33. The second-order valence-corrected chi connectivity index (χ2v) is 6.55. The number of halogens is 2. The van der Waals surface area contributed by atoms with Gasteiger partial charge in [0.05, 0.1) is 5.25 Å². The summed E-state index contributed by atoms with van der Waals surface area (Å²) in [6, 6.07) is 4.73. The van der Waals surface area contributed by atoms with Gasteiger partial charge in [0, 0.05) is 22.2 Å². The molecule has 0 radical (unpaired) electrons. The Bertz CT molecular complexity index is 545. The van der Waals surface area contributed by atoms with Gasteiger partial charge in [0.2, 0.25) is 11.8 Å². The van der Waals surface area contributed by atoms with Gasteiger partial charge in [0.1, 0.15) is 4.32 Å². The summed E-state index contributed by atoms with van der Waals surface area (Å²) in [4.78, 5) is 23.2. The highest BCUT2D eigenvalue weighted by Gasteiger charge is 2.30. The van der Waals surface area contributed by atoms with Crippen LogP contribution in [0.4, 0.5) is 5.69 Å². The van der Waals surface area contributed by atoms with Crippen LogP contribution in [0.15, 0.2) is 18.2 Å². The van der Waals surface area contributed by atoms with Crippen LogP contribution >= 0.6 is 47.2 Å². The van der Waals surface area contributed by atoms with Crippen molar-refractivity contribution >= 4 is 69.0 Å². The normalized spacial score (nSPS) is 18.3. The molecule has 2 rings (SSSR count). The van der Waals surface area contributed by atoms with Crippen LogP contribution in [0.25, 0.3) is 0 Å². The fourth-order valence-electron chi connectivity index (χ4n) is 1.53. The second kappa shape index (κ2) is 6.09. The predicted molar refractivity (Wildman–Crippen MR) is 81.8 cm³/mol. The molecule has 19 heavy (non-hydrogen) atoms. The molecular weight excluding hydrogens is 327 g/mol. The largest absolute Gasteiger partial charge is 0.326 e. The molecule has 1 atom stereocenters. The molecule has 0 aliphatic carbocycles. The lowest BCUT2D eigenvalue weighted by Gasteiger charge is -2.08. The average molecular weight is 335 g/mol. The number of carbonyl (C=O) groups excluding carboxylic acids is 2. The van der Waals surface area contributed by atoms with Crippen LogP contribution in [0.5, 0.6) is 0 Å². The van der Waals surface area contributed by atoms with Crippen molar-refractivity contribution in [2.24, 2.45) is 0 Å². The van der Waals surface area contributed by atoms with E-state index in [9.17, 15) is 9.59 Å². The Morgan fingerprint density at radius 1 is 1.37 bits per heavy atom. The maximum atomic E-state index is 11.8. The minimum atomic E-state index is -0.484. The molecule has 1 aliphatic heterocycles. The third-order valence-electron chi connectivity index (χ3n) is 2.28. The molecule has 0 aromatic heterocycles. The van der Waals surface area contributed by atoms with Gasteiger partial charge < -0.3 is 10.6 Å². The molecule has 1 aromatic rings. The van der Waals surface area contributed by atoms with Crippen LogP contribution in [0.1, 0.15) is 6.42 Å². The van der Waals surface area contributed by atoms with Gasteiger partial charge >= 0.3 is 0 Å². The van der Waals surface area contributed by atoms with Gasteiger partial charge in [-0.1, -0.05) is 47.2 Å². The minimum absolute atomic E-state index is 0.0424. The van der Waals surface area contributed by atoms with Crippen LogP contribution in [0.3, 0.4) is 0 Å². The zero-order valence-corrected chi connectivity index (χ0v) is 12.6. The number of hydrogen-bond donors (Lipinski definition) is 2. The first-order valence-electron chi connectivity index (χ1n) is 5.21. The van der Waals surface area contributed by atoms with Crippen molar-refractivity contribution in [3.05, 3.63) is 28.2 Å². The molecule has 0 spiro atoms. The van der Waals surface area contributed by atoms with Gasteiger partial charge in [-0.05, 0) is 18.2 Å². The quantitative estimate of drug-likeness (QED) is 0.834. The Balaban J connectivity index is 1.98. The highest BCUT2D eigenvalue weighted by Crippen LogP contribution is 2.25. The van der Waals surface area contributed by atoms with Gasteiger partial charge in [-0.15, -0.1) is 0 Å². The molecule has 2 amide bonds. The van der Waals surface area contributed by atoms with E-state index in [4.69, 9.17) is 35.4 Å². The molecule has 1 fully saturated rings. The molecule has 4 nitrogen and oxygen atoms in total. The van der Waals surface area contributed by atoms with E-state index in [-0.39, 0.29) is 18.2 Å². The van der Waals surface area contributed by atoms with Crippen molar-refractivity contribution in [2.45, 2.75) is 11.7 Å². The summed E-state index contributed by atoms with van der Waals surface area (Å²) < 4.78 is 0.397. The molecule has 1 heterocycles. The van der Waals surface area contributed by atoms with E-state index in [2.05, 4.69) is 10.6 Å². The third kappa shape index (κ3) is 4.07. The number of hydrogen-bond acceptors (Lipinski definition) is 4. The first kappa shape index (κ1) is 14.6. The van der Waals surface area contributed by atoms with Crippen molar-refractivity contribution < 1.29 is 9.59 Å². The number of anilines is 1. The van der Waals surface area contributed by atoms with Crippen molar-refractivity contribution in [3.8, 4) is 0 Å². The Labute approximate surface area is 129 Å². The van der Waals surface area contributed by atoms with Crippen LogP contribution in [-0.2, 0) is 9.59 Å². The molecule has 8 heteroatoms. The lowest BCUT2D eigenvalue weighted by Crippen LogP contribution is -2.27.